The van der Waals surface area contributed by atoms with E-state index < -0.39 is 27.8 Å². The Labute approximate surface area is 195 Å². The number of nitrogens with one attached hydrogen (secondary N) is 3. The lowest BCUT2D eigenvalue weighted by atomic mass is 10.0. The minimum atomic E-state index is -4.56. The maximum atomic E-state index is 13.0. The molecule has 34 heavy (non-hydrogen) atoms. The second kappa shape index (κ2) is 10.4. The topological polar surface area (TPSA) is 96.5 Å². The standard InChI is InChI=1S/C23H24F3N3O4S/c1-3-6-15(4-2)20-10-9-19(34(31,32)29-18-13-33-14-18)12-21(20)28-22(30)27-17-8-5-7-16(11-17)23(24,25)26/h3-12,18,29H,13-14H2,1-2H3,(H2,27,28,30)/b6-3-,15-4+. The zero-order valence-corrected chi connectivity index (χ0v) is 19.3. The van der Waals surface area contributed by atoms with Crippen molar-refractivity contribution in [1.29, 1.82) is 0 Å². The minimum Gasteiger partial charge on any atom is -0.378 e. The van der Waals surface area contributed by atoms with Gasteiger partial charge >= 0.3 is 12.2 Å². The highest BCUT2D eigenvalue weighted by Crippen LogP contribution is 2.31. The first-order chi connectivity index (χ1) is 16.0. The van der Waals surface area contributed by atoms with Crippen LogP contribution < -0.4 is 15.4 Å². The summed E-state index contributed by atoms with van der Waals surface area (Å²) in [5.41, 5.74) is 0.439. The van der Waals surface area contributed by atoms with Crippen LogP contribution in [0.5, 0.6) is 0 Å². The van der Waals surface area contributed by atoms with Crippen molar-refractivity contribution in [2.45, 2.75) is 31.0 Å². The van der Waals surface area contributed by atoms with Crippen molar-refractivity contribution in [3.05, 3.63) is 71.8 Å². The monoisotopic (exact) mass is 495 g/mol. The Bertz CT molecular complexity index is 1220. The molecule has 1 fully saturated rings. The summed E-state index contributed by atoms with van der Waals surface area (Å²) < 4.78 is 71.9. The van der Waals surface area contributed by atoms with Crippen LogP contribution >= 0.6 is 0 Å². The van der Waals surface area contributed by atoms with Gasteiger partial charge in [-0.05, 0) is 49.8 Å². The fourth-order valence-electron chi connectivity index (χ4n) is 3.22. The van der Waals surface area contributed by atoms with Gasteiger partial charge in [-0.15, -0.1) is 0 Å². The first-order valence-electron chi connectivity index (χ1n) is 10.3. The third-order valence-corrected chi connectivity index (χ3v) is 6.44. The molecule has 2 amide bonds. The summed E-state index contributed by atoms with van der Waals surface area (Å²) in [5, 5.41) is 4.92. The number of halogens is 3. The molecule has 0 radical (unpaired) electrons. The summed E-state index contributed by atoms with van der Waals surface area (Å²) in [6.07, 6.45) is 0.785. The number of sulfonamides is 1. The molecule has 0 aromatic heterocycles. The molecule has 0 atom stereocenters. The van der Waals surface area contributed by atoms with Crippen LogP contribution in [0, 0.1) is 0 Å². The number of carbonyl (C=O) groups excluding carboxylic acids is 1. The normalized spacial score (nSPS) is 15.3. The fraction of sp³-hybridized carbons (Fsp3) is 0.261. The molecule has 182 valence electrons. The van der Waals surface area contributed by atoms with Crippen LogP contribution in [0.15, 0.2) is 65.6 Å². The van der Waals surface area contributed by atoms with Gasteiger partial charge in [0.25, 0.3) is 0 Å². The van der Waals surface area contributed by atoms with Gasteiger partial charge in [-0.1, -0.05) is 30.4 Å². The number of allylic oxidation sites excluding steroid dienone is 4. The molecule has 0 bridgehead atoms. The molecule has 0 saturated carbocycles. The van der Waals surface area contributed by atoms with E-state index in [0.717, 1.165) is 12.1 Å². The van der Waals surface area contributed by atoms with Crippen molar-refractivity contribution >= 4 is 33.0 Å². The largest absolute Gasteiger partial charge is 0.416 e. The van der Waals surface area contributed by atoms with Crippen LogP contribution in [0.2, 0.25) is 0 Å². The maximum absolute atomic E-state index is 13.0. The van der Waals surface area contributed by atoms with E-state index >= 15 is 0 Å². The van der Waals surface area contributed by atoms with E-state index in [2.05, 4.69) is 15.4 Å². The van der Waals surface area contributed by atoms with E-state index in [-0.39, 0.29) is 35.5 Å². The van der Waals surface area contributed by atoms with Crippen molar-refractivity contribution in [1.82, 2.24) is 4.72 Å². The number of urea groups is 1. The molecular formula is C23H24F3N3O4S. The first kappa shape index (κ1) is 25.5. The number of rotatable bonds is 7. The van der Waals surface area contributed by atoms with Gasteiger partial charge in [-0.25, -0.2) is 17.9 Å². The SMILES string of the molecule is C/C=C\C(=C/C)c1ccc(S(=O)(=O)NC2COC2)cc1NC(=O)Nc1cccc(C(F)(F)F)c1. The molecule has 1 saturated heterocycles. The highest BCUT2D eigenvalue weighted by Gasteiger charge is 2.30. The highest BCUT2D eigenvalue weighted by atomic mass is 32.2. The number of carbonyl (C=O) groups is 1. The van der Waals surface area contributed by atoms with Gasteiger partial charge in [0.1, 0.15) is 0 Å². The number of alkyl halides is 3. The lowest BCUT2D eigenvalue weighted by Gasteiger charge is -2.26. The smallest absolute Gasteiger partial charge is 0.378 e. The zero-order valence-electron chi connectivity index (χ0n) is 18.4. The van der Waals surface area contributed by atoms with Gasteiger partial charge in [-0.3, -0.25) is 0 Å². The van der Waals surface area contributed by atoms with Gasteiger partial charge in [0, 0.05) is 11.3 Å². The predicted octanol–water partition coefficient (Wildman–Crippen LogP) is 5.01. The van der Waals surface area contributed by atoms with Crippen molar-refractivity contribution in [2.75, 3.05) is 23.8 Å². The van der Waals surface area contributed by atoms with Gasteiger partial charge in [0.15, 0.2) is 0 Å². The molecule has 0 aliphatic carbocycles. The molecule has 7 nitrogen and oxygen atoms in total. The van der Waals surface area contributed by atoms with Crippen LogP contribution in [0.4, 0.5) is 29.3 Å². The third kappa shape index (κ3) is 6.25. The molecule has 2 aromatic carbocycles. The summed E-state index contributed by atoms with van der Waals surface area (Å²) in [5.74, 6) is 0. The van der Waals surface area contributed by atoms with Gasteiger partial charge in [0.2, 0.25) is 10.0 Å². The molecule has 11 heteroatoms. The zero-order chi connectivity index (χ0) is 24.9. The Morgan fingerprint density at radius 3 is 2.41 bits per heavy atom. The van der Waals surface area contributed by atoms with Crippen LogP contribution in [0.25, 0.3) is 5.57 Å². The Hall–Kier alpha value is -3.15. The van der Waals surface area contributed by atoms with Crippen molar-refractivity contribution in [3.63, 3.8) is 0 Å². The Morgan fingerprint density at radius 2 is 1.82 bits per heavy atom. The molecule has 1 aliphatic heterocycles. The van der Waals surface area contributed by atoms with E-state index in [0.29, 0.717) is 11.1 Å². The fourth-order valence-corrected chi connectivity index (χ4v) is 4.45. The van der Waals surface area contributed by atoms with Crippen LogP contribution in [0.1, 0.15) is 25.0 Å². The molecule has 3 N–H and O–H groups in total. The average Bonchev–Trinajstić information content (AvgIpc) is 2.74. The molecular weight excluding hydrogens is 471 g/mol. The summed E-state index contributed by atoms with van der Waals surface area (Å²) in [6.45, 7) is 4.13. The summed E-state index contributed by atoms with van der Waals surface area (Å²) >= 11 is 0. The highest BCUT2D eigenvalue weighted by molar-refractivity contribution is 7.89. The Balaban J connectivity index is 1.91. The van der Waals surface area contributed by atoms with E-state index in [4.69, 9.17) is 4.74 Å². The van der Waals surface area contributed by atoms with E-state index in [9.17, 15) is 26.4 Å². The first-order valence-corrected chi connectivity index (χ1v) is 11.8. The van der Waals surface area contributed by atoms with Gasteiger partial charge in [0.05, 0.1) is 35.4 Å². The number of ether oxygens (including phenoxy) is 1. The number of anilines is 2. The van der Waals surface area contributed by atoms with Crippen LogP contribution in [0.3, 0.4) is 0 Å². The predicted molar refractivity (Wildman–Crippen MR) is 124 cm³/mol. The van der Waals surface area contributed by atoms with E-state index in [1.54, 1.807) is 38.1 Å². The number of hydrogen-bond acceptors (Lipinski definition) is 4. The molecule has 0 spiro atoms. The Morgan fingerprint density at radius 1 is 1.09 bits per heavy atom. The summed E-state index contributed by atoms with van der Waals surface area (Å²) in [6, 6.07) is 7.31. The molecule has 2 aromatic rings. The molecule has 3 rings (SSSR count). The molecule has 0 unspecified atom stereocenters. The third-order valence-electron chi connectivity index (χ3n) is 4.93. The molecule has 1 aliphatic rings. The molecule has 1 heterocycles. The maximum Gasteiger partial charge on any atom is 0.416 e. The lowest BCUT2D eigenvalue weighted by molar-refractivity contribution is -0.137. The summed E-state index contributed by atoms with van der Waals surface area (Å²) in [7, 11) is -3.89. The minimum absolute atomic E-state index is 0.0657. The van der Waals surface area contributed by atoms with E-state index in [1.165, 1.54) is 24.3 Å². The second-order valence-corrected chi connectivity index (χ2v) is 9.18. The lowest BCUT2D eigenvalue weighted by Crippen LogP contribution is -2.48. The van der Waals surface area contributed by atoms with Crippen molar-refractivity contribution < 1.29 is 31.1 Å². The quantitative estimate of drug-likeness (QED) is 0.471. The number of benzene rings is 2. The van der Waals surface area contributed by atoms with Gasteiger partial charge < -0.3 is 15.4 Å². The number of hydrogen-bond donors (Lipinski definition) is 3. The second-order valence-electron chi connectivity index (χ2n) is 7.46. The number of amides is 2. The Kier molecular flexibility index (Phi) is 7.80. The van der Waals surface area contributed by atoms with Crippen molar-refractivity contribution in [3.8, 4) is 0 Å². The van der Waals surface area contributed by atoms with Crippen LogP contribution in [-0.4, -0.2) is 33.7 Å². The van der Waals surface area contributed by atoms with Gasteiger partial charge in [-0.2, -0.15) is 13.2 Å². The van der Waals surface area contributed by atoms with Crippen molar-refractivity contribution in [2.24, 2.45) is 0 Å². The van der Waals surface area contributed by atoms with E-state index in [1.807, 2.05) is 0 Å². The van der Waals surface area contributed by atoms with Crippen LogP contribution in [-0.2, 0) is 20.9 Å². The summed E-state index contributed by atoms with van der Waals surface area (Å²) in [4.78, 5) is 12.6. The average molecular weight is 496 g/mol.